The lowest BCUT2D eigenvalue weighted by Gasteiger charge is -2.42. The molecule has 3 atom stereocenters. The van der Waals surface area contributed by atoms with Gasteiger partial charge < -0.3 is 20.4 Å². The predicted molar refractivity (Wildman–Crippen MR) is 152 cm³/mol. The van der Waals surface area contributed by atoms with Crippen LogP contribution in [0.5, 0.6) is 0 Å². The number of piperidine rings is 2. The van der Waals surface area contributed by atoms with Crippen LogP contribution in [0, 0.1) is 17.7 Å². The van der Waals surface area contributed by atoms with E-state index in [0.29, 0.717) is 42.2 Å². The van der Waals surface area contributed by atoms with Crippen LogP contribution in [0.4, 0.5) is 14.9 Å². The fourth-order valence-corrected chi connectivity index (χ4v) is 5.90. The normalized spacial score (nSPS) is 21.5. The summed E-state index contributed by atoms with van der Waals surface area (Å²) in [5.41, 5.74) is 2.23. The fraction of sp³-hybridized carbons (Fsp3) is 0.484. The number of hydrogen-bond donors (Lipinski definition) is 2. The van der Waals surface area contributed by atoms with Crippen LogP contribution in [-0.4, -0.2) is 72.1 Å². The Morgan fingerprint density at radius 2 is 1.57 bits per heavy atom. The zero-order valence-corrected chi connectivity index (χ0v) is 23.5. The van der Waals surface area contributed by atoms with Gasteiger partial charge in [0.05, 0.1) is 0 Å². The Morgan fingerprint density at radius 1 is 0.900 bits per heavy atom. The Labute approximate surface area is 235 Å². The highest BCUT2D eigenvalue weighted by atomic mass is 19.1. The zero-order chi connectivity index (χ0) is 28.8. The van der Waals surface area contributed by atoms with Crippen LogP contribution in [0.2, 0.25) is 0 Å². The van der Waals surface area contributed by atoms with Gasteiger partial charge in [-0.3, -0.25) is 14.4 Å². The molecular weight excluding hydrogens is 511 g/mol. The van der Waals surface area contributed by atoms with Crippen molar-refractivity contribution in [3.8, 4) is 0 Å². The summed E-state index contributed by atoms with van der Waals surface area (Å²) in [7, 11) is 0. The number of urea groups is 1. The second-order valence-corrected chi connectivity index (χ2v) is 11.2. The summed E-state index contributed by atoms with van der Waals surface area (Å²) in [5.74, 6) is -0.0759. The third kappa shape index (κ3) is 7.97. The van der Waals surface area contributed by atoms with Gasteiger partial charge in [-0.25, -0.2) is 9.18 Å². The van der Waals surface area contributed by atoms with Crippen molar-refractivity contribution in [1.82, 2.24) is 15.1 Å². The van der Waals surface area contributed by atoms with E-state index in [4.69, 9.17) is 0 Å². The molecule has 0 aromatic heterocycles. The highest BCUT2D eigenvalue weighted by molar-refractivity contribution is 6.02. The third-order valence-corrected chi connectivity index (χ3v) is 8.03. The van der Waals surface area contributed by atoms with E-state index in [2.05, 4.69) is 15.5 Å². The summed E-state index contributed by atoms with van der Waals surface area (Å²) >= 11 is 0. The monoisotopic (exact) mass is 550 g/mol. The van der Waals surface area contributed by atoms with E-state index in [0.717, 1.165) is 44.5 Å². The molecule has 2 saturated heterocycles. The van der Waals surface area contributed by atoms with Gasteiger partial charge in [-0.1, -0.05) is 12.1 Å². The number of nitrogens with zero attached hydrogens (tertiary/aromatic N) is 2. The molecule has 9 heteroatoms. The highest BCUT2D eigenvalue weighted by Gasteiger charge is 2.34. The van der Waals surface area contributed by atoms with E-state index < -0.39 is 6.03 Å². The molecule has 1 unspecified atom stereocenters. The average molecular weight is 551 g/mol. The molecule has 0 saturated carbocycles. The quantitative estimate of drug-likeness (QED) is 0.470. The number of amides is 3. The average Bonchev–Trinajstić information content (AvgIpc) is 2.91. The summed E-state index contributed by atoms with van der Waals surface area (Å²) in [6.07, 6.45) is 3.71. The topological polar surface area (TPSA) is 98.8 Å². The van der Waals surface area contributed by atoms with Crippen LogP contribution in [0.25, 0.3) is 0 Å². The number of carbonyl (C=O) groups is 4. The van der Waals surface area contributed by atoms with Crippen LogP contribution in [-0.2, 0) is 11.2 Å². The molecule has 2 aliphatic heterocycles. The van der Waals surface area contributed by atoms with Gasteiger partial charge in [0.2, 0.25) is 5.91 Å². The van der Waals surface area contributed by atoms with E-state index in [-0.39, 0.29) is 35.3 Å². The molecule has 3 amide bonds. The molecule has 2 aromatic carbocycles. The van der Waals surface area contributed by atoms with Crippen molar-refractivity contribution in [3.05, 3.63) is 65.0 Å². The number of carbonyl (C=O) groups excluding carboxylic acids is 4. The number of benzene rings is 2. The summed E-state index contributed by atoms with van der Waals surface area (Å²) in [6.45, 7) is 8.17. The van der Waals surface area contributed by atoms with E-state index in [9.17, 15) is 23.6 Å². The third-order valence-electron chi connectivity index (χ3n) is 8.03. The molecule has 2 aliphatic rings. The van der Waals surface area contributed by atoms with Gasteiger partial charge in [-0.2, -0.15) is 0 Å². The SMILES string of the molecule is CC(=O)c1cc(NC(=O)N[C@@H]2CCN(C(C)=O)C[C@H]2CN2CCCC(Cc3ccc(F)cc3)C2)cc(C(C)=O)c1. The van der Waals surface area contributed by atoms with Crippen molar-refractivity contribution in [2.75, 3.05) is 38.0 Å². The first kappa shape index (κ1) is 29.4. The Hall–Kier alpha value is -3.59. The summed E-state index contributed by atoms with van der Waals surface area (Å²) < 4.78 is 13.3. The Kier molecular flexibility index (Phi) is 9.68. The summed E-state index contributed by atoms with van der Waals surface area (Å²) in [6, 6.07) is 10.8. The highest BCUT2D eigenvalue weighted by Crippen LogP contribution is 2.25. The lowest BCUT2D eigenvalue weighted by atomic mass is 9.88. The standard InChI is InChI=1S/C31H39FN4O4/c1-20(37)25-14-26(21(2)38)16-29(15-25)33-31(40)34-30-10-12-36(22(3)39)19-27(30)18-35-11-4-5-24(17-35)13-23-6-8-28(32)9-7-23/h6-9,14-16,24,27,30H,4-5,10-13,17-19H2,1-3H3,(H2,33,34,40)/t24?,27-,30-/m1/s1. The zero-order valence-electron chi connectivity index (χ0n) is 23.5. The van der Waals surface area contributed by atoms with Gasteiger partial charge in [-0.05, 0) is 87.9 Å². The largest absolute Gasteiger partial charge is 0.342 e. The van der Waals surface area contributed by atoms with E-state index in [1.807, 2.05) is 17.0 Å². The molecule has 8 nitrogen and oxygen atoms in total. The van der Waals surface area contributed by atoms with Gasteiger partial charge in [-0.15, -0.1) is 0 Å². The number of ketones is 2. The first-order valence-electron chi connectivity index (χ1n) is 14.0. The smallest absolute Gasteiger partial charge is 0.319 e. The Bertz CT molecular complexity index is 1220. The molecule has 0 spiro atoms. The minimum absolute atomic E-state index is 0.0264. The molecule has 0 aliphatic carbocycles. The number of nitrogens with one attached hydrogen (secondary N) is 2. The van der Waals surface area contributed by atoms with Crippen molar-refractivity contribution in [3.63, 3.8) is 0 Å². The van der Waals surface area contributed by atoms with Crippen molar-refractivity contribution in [1.29, 1.82) is 0 Å². The maximum Gasteiger partial charge on any atom is 0.319 e. The van der Waals surface area contributed by atoms with Crippen molar-refractivity contribution in [2.45, 2.75) is 52.5 Å². The van der Waals surface area contributed by atoms with Gasteiger partial charge in [0.1, 0.15) is 5.82 Å². The molecule has 0 bridgehead atoms. The molecule has 0 radical (unpaired) electrons. The lowest BCUT2D eigenvalue weighted by molar-refractivity contribution is -0.131. The predicted octanol–water partition coefficient (Wildman–Crippen LogP) is 4.54. The van der Waals surface area contributed by atoms with Crippen molar-refractivity contribution in [2.24, 2.45) is 11.8 Å². The van der Waals surface area contributed by atoms with Crippen LogP contribution < -0.4 is 10.6 Å². The Morgan fingerprint density at radius 3 is 2.20 bits per heavy atom. The summed E-state index contributed by atoms with van der Waals surface area (Å²) in [5, 5.41) is 5.90. The first-order chi connectivity index (χ1) is 19.1. The summed E-state index contributed by atoms with van der Waals surface area (Å²) in [4.78, 5) is 53.4. The van der Waals surface area contributed by atoms with Crippen LogP contribution in [0.3, 0.4) is 0 Å². The Balaban J connectivity index is 1.41. The molecule has 2 fully saturated rings. The maximum absolute atomic E-state index is 13.3. The number of anilines is 1. The van der Waals surface area contributed by atoms with Crippen LogP contribution in [0.1, 0.15) is 66.3 Å². The minimum Gasteiger partial charge on any atom is -0.342 e. The van der Waals surface area contributed by atoms with E-state index >= 15 is 0 Å². The number of rotatable bonds is 8. The van der Waals surface area contributed by atoms with Crippen molar-refractivity contribution < 1.29 is 23.6 Å². The lowest BCUT2D eigenvalue weighted by Crippen LogP contribution is -2.56. The minimum atomic E-state index is -0.408. The molecule has 2 heterocycles. The van der Waals surface area contributed by atoms with Gasteiger partial charge in [0.15, 0.2) is 11.6 Å². The number of likely N-dealkylation sites (tertiary alicyclic amines) is 2. The number of hydrogen-bond acceptors (Lipinski definition) is 5. The van der Waals surface area contributed by atoms with Crippen LogP contribution in [0.15, 0.2) is 42.5 Å². The maximum atomic E-state index is 13.3. The number of Topliss-reactive ketones (excluding diaryl/α,β-unsaturated/α-hetero) is 2. The van der Waals surface area contributed by atoms with Crippen molar-refractivity contribution >= 4 is 29.2 Å². The number of halogens is 1. The van der Waals surface area contributed by atoms with Gasteiger partial charge in [0.25, 0.3) is 0 Å². The van der Waals surface area contributed by atoms with Gasteiger partial charge in [0, 0.05) is 61.9 Å². The van der Waals surface area contributed by atoms with Gasteiger partial charge >= 0.3 is 6.03 Å². The van der Waals surface area contributed by atoms with E-state index in [1.54, 1.807) is 19.1 Å². The molecule has 4 rings (SSSR count). The molecule has 2 aromatic rings. The second-order valence-electron chi connectivity index (χ2n) is 11.2. The molecule has 214 valence electrons. The fourth-order valence-electron chi connectivity index (χ4n) is 5.90. The van der Waals surface area contributed by atoms with Crippen LogP contribution >= 0.6 is 0 Å². The van der Waals surface area contributed by atoms with E-state index in [1.165, 1.54) is 32.0 Å². The molecule has 40 heavy (non-hydrogen) atoms. The molecular formula is C31H39FN4O4. The second kappa shape index (κ2) is 13.2. The first-order valence-corrected chi connectivity index (χ1v) is 14.0. The molecule has 2 N–H and O–H groups in total.